The van der Waals surface area contributed by atoms with E-state index in [4.69, 9.17) is 34.9 Å². The molecule has 0 aromatic carbocycles. The second kappa shape index (κ2) is 38.1. The van der Waals surface area contributed by atoms with Gasteiger partial charge < -0.3 is 50.8 Å². The molecule has 0 aromatic heterocycles. The van der Waals surface area contributed by atoms with E-state index in [1.807, 2.05) is 0 Å². The number of aliphatic carboxylic acids is 2. The largest absolute Gasteiger partial charge is 0.481 e. The Bertz CT molecular complexity index is 923. The molecular weight excluding hydrogens is 668 g/mol. The third-order valence-corrected chi connectivity index (χ3v) is 7.24. The summed E-state index contributed by atoms with van der Waals surface area (Å²) in [5.74, 6) is -2.28. The number of ketones is 1. The molecule has 7 N–H and O–H groups in total. The van der Waals surface area contributed by atoms with Crippen LogP contribution in [0.3, 0.4) is 0 Å². The number of ether oxygens (including phenoxy) is 4. The maximum absolute atomic E-state index is 11.5. The van der Waals surface area contributed by atoms with Gasteiger partial charge in [-0.05, 0) is 26.2 Å². The molecule has 0 spiro atoms. The van der Waals surface area contributed by atoms with Crippen molar-refractivity contribution in [2.75, 3.05) is 73.0 Å². The molecule has 51 heavy (non-hydrogen) atoms. The lowest BCUT2D eigenvalue weighted by atomic mass is 10.0. The summed E-state index contributed by atoms with van der Waals surface area (Å²) in [6.45, 7) is 3.75. The van der Waals surface area contributed by atoms with E-state index in [0.29, 0.717) is 39.2 Å². The Balaban J connectivity index is 0. The molecule has 298 valence electrons. The van der Waals surface area contributed by atoms with Crippen LogP contribution in [0.4, 0.5) is 0 Å². The first-order valence-corrected chi connectivity index (χ1v) is 18.2. The highest BCUT2D eigenvalue weighted by atomic mass is 16.5. The monoisotopic (exact) mass is 734 g/mol. The van der Waals surface area contributed by atoms with E-state index < -0.39 is 18.0 Å². The number of hydrogen-bond acceptors (Lipinski definition) is 11. The van der Waals surface area contributed by atoms with Gasteiger partial charge in [-0.3, -0.25) is 28.8 Å². The van der Waals surface area contributed by atoms with Crippen molar-refractivity contribution in [3.05, 3.63) is 0 Å². The minimum absolute atomic E-state index is 0.0321. The predicted octanol–water partition coefficient (Wildman–Crippen LogP) is 2.34. The Morgan fingerprint density at radius 2 is 0.980 bits per heavy atom. The van der Waals surface area contributed by atoms with Crippen LogP contribution in [0.15, 0.2) is 0 Å². The SMILES string of the molecule is CC(=O)COCCOCCNC(=O)COCCOCCNC(=O)CC[C@H](N)C(=O)O.CNC(=O)CCCCCCCCCCCCCCC(=O)O. The molecule has 0 aliphatic heterocycles. The van der Waals surface area contributed by atoms with Crippen molar-refractivity contribution in [3.8, 4) is 0 Å². The summed E-state index contributed by atoms with van der Waals surface area (Å²) in [6.07, 6.45) is 15.3. The minimum Gasteiger partial charge on any atom is -0.481 e. The zero-order chi connectivity index (χ0) is 38.4. The van der Waals surface area contributed by atoms with E-state index in [1.165, 1.54) is 58.3 Å². The van der Waals surface area contributed by atoms with Crippen molar-refractivity contribution in [2.45, 2.75) is 116 Å². The van der Waals surface area contributed by atoms with E-state index in [0.717, 1.165) is 25.7 Å². The summed E-state index contributed by atoms with van der Waals surface area (Å²) < 4.78 is 20.7. The molecule has 0 heterocycles. The lowest BCUT2D eigenvalue weighted by Gasteiger charge is -2.09. The molecule has 0 fully saturated rings. The lowest BCUT2D eigenvalue weighted by Crippen LogP contribution is -2.33. The van der Waals surface area contributed by atoms with Crippen molar-refractivity contribution in [1.82, 2.24) is 16.0 Å². The van der Waals surface area contributed by atoms with E-state index in [9.17, 15) is 28.8 Å². The maximum atomic E-state index is 11.5. The molecule has 3 amide bonds. The van der Waals surface area contributed by atoms with Gasteiger partial charge in [0.25, 0.3) is 0 Å². The van der Waals surface area contributed by atoms with Gasteiger partial charge in [0.05, 0.1) is 39.6 Å². The minimum atomic E-state index is -1.14. The average molecular weight is 735 g/mol. The second-order valence-electron chi connectivity index (χ2n) is 12.0. The highest BCUT2D eigenvalue weighted by Gasteiger charge is 2.13. The fraction of sp³-hybridized carbons (Fsp3) is 0.829. The van der Waals surface area contributed by atoms with Gasteiger partial charge in [0.1, 0.15) is 19.3 Å². The van der Waals surface area contributed by atoms with Crippen molar-refractivity contribution in [1.29, 1.82) is 0 Å². The molecule has 0 saturated heterocycles. The molecule has 0 unspecified atom stereocenters. The zero-order valence-corrected chi connectivity index (χ0v) is 31.0. The lowest BCUT2D eigenvalue weighted by molar-refractivity contribution is -0.139. The Kier molecular flexibility index (Phi) is 37.3. The number of carboxylic acid groups (broad SMARTS) is 2. The quantitative estimate of drug-likeness (QED) is 0.0513. The number of hydrogen-bond donors (Lipinski definition) is 6. The standard InChI is InChI=1S/C18H33N3O9.C17H33NO3/c1-14(22)12-29-10-8-28-7-5-21-17(24)13-30-11-9-27-6-4-20-16(23)3-2-15(19)18(25)26;1-18-16(19)14-12-10-8-6-4-2-3-5-7-9-11-13-15-17(20)21/h15H,2-13,19H2,1H3,(H,20,23)(H,21,24)(H,25,26);2-15H2,1H3,(H,18,19)(H,20,21)/t15-;/m0./s1. The highest BCUT2D eigenvalue weighted by Crippen LogP contribution is 2.13. The Hall–Kier alpha value is -3.18. The van der Waals surface area contributed by atoms with Crippen LogP contribution in [0.1, 0.15) is 110 Å². The van der Waals surface area contributed by atoms with E-state index >= 15 is 0 Å². The molecule has 0 saturated carbocycles. The third-order valence-electron chi connectivity index (χ3n) is 7.24. The van der Waals surface area contributed by atoms with Crippen LogP contribution in [0.25, 0.3) is 0 Å². The molecule has 0 rings (SSSR count). The number of rotatable bonds is 35. The topological polar surface area (TPSA) is 242 Å². The van der Waals surface area contributed by atoms with Gasteiger partial charge in [0.15, 0.2) is 5.78 Å². The molecule has 16 heteroatoms. The molecule has 1 atom stereocenters. The molecule has 16 nitrogen and oxygen atoms in total. The van der Waals surface area contributed by atoms with Crippen LogP contribution in [0.5, 0.6) is 0 Å². The summed E-state index contributed by atoms with van der Waals surface area (Å²) >= 11 is 0. The van der Waals surface area contributed by atoms with Gasteiger partial charge in [-0.1, -0.05) is 64.2 Å². The van der Waals surface area contributed by atoms with Crippen LogP contribution in [-0.4, -0.2) is 125 Å². The van der Waals surface area contributed by atoms with Crippen LogP contribution >= 0.6 is 0 Å². The molecule has 0 aromatic rings. The molecule has 0 bridgehead atoms. The number of Topliss-reactive ketones (excluding diaryl/α,β-unsaturated/α-hetero) is 1. The summed E-state index contributed by atoms with van der Waals surface area (Å²) in [5.41, 5.74) is 5.31. The number of amides is 3. The first-order chi connectivity index (χ1) is 24.5. The van der Waals surface area contributed by atoms with Gasteiger partial charge in [0.2, 0.25) is 17.7 Å². The van der Waals surface area contributed by atoms with Crippen LogP contribution < -0.4 is 21.7 Å². The normalized spacial score (nSPS) is 11.2. The number of carboxylic acids is 2. The number of nitrogens with two attached hydrogens (primary N) is 1. The van der Waals surface area contributed by atoms with Crippen LogP contribution in [0.2, 0.25) is 0 Å². The van der Waals surface area contributed by atoms with Crippen molar-refractivity contribution in [3.63, 3.8) is 0 Å². The molecule has 0 radical (unpaired) electrons. The number of carbonyl (C=O) groups excluding carboxylic acids is 4. The summed E-state index contributed by atoms with van der Waals surface area (Å²) in [7, 11) is 1.69. The second-order valence-corrected chi connectivity index (χ2v) is 12.0. The van der Waals surface area contributed by atoms with Crippen LogP contribution in [0, 0.1) is 0 Å². The number of unbranched alkanes of at least 4 members (excludes halogenated alkanes) is 11. The summed E-state index contributed by atoms with van der Waals surface area (Å²) in [5, 5.41) is 25.0. The van der Waals surface area contributed by atoms with Crippen molar-refractivity contribution >= 4 is 35.4 Å². The Labute approximate surface area is 303 Å². The first kappa shape index (κ1) is 49.9. The van der Waals surface area contributed by atoms with Gasteiger partial charge >= 0.3 is 11.9 Å². The molecule has 0 aliphatic rings. The maximum Gasteiger partial charge on any atom is 0.320 e. The van der Waals surface area contributed by atoms with E-state index in [2.05, 4.69) is 16.0 Å². The predicted molar refractivity (Wildman–Crippen MR) is 191 cm³/mol. The molecule has 0 aliphatic carbocycles. The van der Waals surface area contributed by atoms with Crippen molar-refractivity contribution < 1.29 is 57.9 Å². The van der Waals surface area contributed by atoms with Gasteiger partial charge in [-0.25, -0.2) is 0 Å². The molecular formula is C35H66N4O12. The number of nitrogens with one attached hydrogen (secondary N) is 3. The van der Waals surface area contributed by atoms with Crippen molar-refractivity contribution in [2.24, 2.45) is 5.73 Å². The summed E-state index contributed by atoms with van der Waals surface area (Å²) in [4.78, 5) is 65.5. The number of carbonyl (C=O) groups is 6. The Morgan fingerprint density at radius 3 is 1.43 bits per heavy atom. The third kappa shape index (κ3) is 42.9. The van der Waals surface area contributed by atoms with Gasteiger partial charge in [-0.15, -0.1) is 0 Å². The average Bonchev–Trinajstić information content (AvgIpc) is 3.09. The fourth-order valence-corrected chi connectivity index (χ4v) is 4.35. The van der Waals surface area contributed by atoms with E-state index in [-0.39, 0.29) is 75.9 Å². The first-order valence-electron chi connectivity index (χ1n) is 18.2. The summed E-state index contributed by atoms with van der Waals surface area (Å²) in [6, 6.07) is -1.05. The fourth-order valence-electron chi connectivity index (χ4n) is 4.35. The Morgan fingerprint density at radius 1 is 0.549 bits per heavy atom. The van der Waals surface area contributed by atoms with Gasteiger partial charge in [-0.2, -0.15) is 0 Å². The smallest absolute Gasteiger partial charge is 0.320 e. The highest BCUT2D eigenvalue weighted by molar-refractivity contribution is 5.78. The van der Waals surface area contributed by atoms with Gasteiger partial charge in [0, 0.05) is 39.4 Å². The van der Waals surface area contributed by atoms with Crippen LogP contribution in [-0.2, 0) is 47.7 Å². The van der Waals surface area contributed by atoms with E-state index in [1.54, 1.807) is 7.05 Å². The zero-order valence-electron chi connectivity index (χ0n) is 31.0.